The van der Waals surface area contributed by atoms with Gasteiger partial charge in [-0.25, -0.2) is 4.79 Å². The highest BCUT2D eigenvalue weighted by Gasteiger charge is 2.23. The van der Waals surface area contributed by atoms with Crippen LogP contribution >= 0.6 is 0 Å². The van der Waals surface area contributed by atoms with Gasteiger partial charge in [-0.3, -0.25) is 9.59 Å². The summed E-state index contributed by atoms with van der Waals surface area (Å²) in [6.45, 7) is 3.41. The molecule has 1 N–H and O–H groups in total. The maximum absolute atomic E-state index is 11.9. The zero-order chi connectivity index (χ0) is 18.8. The van der Waals surface area contributed by atoms with Gasteiger partial charge in [0.1, 0.15) is 11.8 Å². The third-order valence-corrected chi connectivity index (χ3v) is 3.40. The molecule has 0 saturated carbocycles. The number of hydrogen-bond donors (Lipinski definition) is 1. The van der Waals surface area contributed by atoms with Gasteiger partial charge in [-0.15, -0.1) is 0 Å². The van der Waals surface area contributed by atoms with E-state index in [4.69, 9.17) is 9.47 Å². The van der Waals surface area contributed by atoms with Crippen LogP contribution in [0.3, 0.4) is 0 Å². The van der Waals surface area contributed by atoms with E-state index in [9.17, 15) is 14.4 Å². The van der Waals surface area contributed by atoms with Crippen LogP contribution in [0.25, 0.3) is 0 Å². The Morgan fingerprint density at radius 3 is 2.24 bits per heavy atom. The van der Waals surface area contributed by atoms with Gasteiger partial charge in [0, 0.05) is 0 Å². The van der Waals surface area contributed by atoms with Crippen molar-refractivity contribution in [2.24, 2.45) is 5.92 Å². The lowest BCUT2D eigenvalue weighted by molar-refractivity contribution is -0.150. The summed E-state index contributed by atoms with van der Waals surface area (Å²) >= 11 is 0. The number of benzene rings is 1. The first-order valence-electron chi connectivity index (χ1n) is 8.01. The number of hydrogen-bond acceptors (Lipinski definition) is 6. The molecule has 0 aliphatic rings. The molecule has 0 aliphatic carbocycles. The first-order valence-corrected chi connectivity index (χ1v) is 8.01. The van der Waals surface area contributed by atoms with Crippen molar-refractivity contribution in [3.05, 3.63) is 29.8 Å². The Hall–Kier alpha value is -2.57. The van der Waals surface area contributed by atoms with E-state index in [2.05, 4.69) is 10.1 Å². The van der Waals surface area contributed by atoms with Gasteiger partial charge in [0.2, 0.25) is 0 Å². The van der Waals surface area contributed by atoms with Crippen LogP contribution in [0.4, 0.5) is 0 Å². The topological polar surface area (TPSA) is 90.9 Å². The quantitative estimate of drug-likeness (QED) is 0.678. The number of esters is 2. The average Bonchev–Trinajstić information content (AvgIpc) is 2.59. The van der Waals surface area contributed by atoms with Crippen LogP contribution in [0, 0.1) is 5.92 Å². The van der Waals surface area contributed by atoms with E-state index in [1.54, 1.807) is 31.4 Å². The first kappa shape index (κ1) is 20.5. The van der Waals surface area contributed by atoms with Crippen LogP contribution in [0.5, 0.6) is 5.75 Å². The number of amides is 1. The molecule has 1 atom stereocenters. The van der Waals surface area contributed by atoms with Gasteiger partial charge >= 0.3 is 11.9 Å². The van der Waals surface area contributed by atoms with Crippen molar-refractivity contribution >= 4 is 17.8 Å². The SMILES string of the molecule is COC(=O)[C@H](CC(C)C)NC(=O)COC(=O)Cc1ccc(OC)cc1. The number of rotatable bonds is 9. The fourth-order valence-electron chi connectivity index (χ4n) is 2.17. The summed E-state index contributed by atoms with van der Waals surface area (Å²) in [5.74, 6) is -0.706. The largest absolute Gasteiger partial charge is 0.497 e. The van der Waals surface area contributed by atoms with Crippen molar-refractivity contribution < 1.29 is 28.6 Å². The Bertz CT molecular complexity index is 582. The van der Waals surface area contributed by atoms with Crippen LogP contribution in [0.1, 0.15) is 25.8 Å². The van der Waals surface area contributed by atoms with Gasteiger partial charge < -0.3 is 19.5 Å². The van der Waals surface area contributed by atoms with Crippen LogP contribution in [0.2, 0.25) is 0 Å². The molecular weight excluding hydrogens is 326 g/mol. The van der Waals surface area contributed by atoms with E-state index in [0.717, 1.165) is 5.56 Å². The Balaban J connectivity index is 2.45. The summed E-state index contributed by atoms with van der Waals surface area (Å²) in [6.07, 6.45) is 0.488. The normalized spacial score (nSPS) is 11.6. The molecule has 0 saturated heterocycles. The van der Waals surface area contributed by atoms with Crippen molar-refractivity contribution in [2.75, 3.05) is 20.8 Å². The molecule has 0 aromatic heterocycles. The maximum Gasteiger partial charge on any atom is 0.328 e. The lowest BCUT2D eigenvalue weighted by atomic mass is 10.0. The molecule has 1 aromatic rings. The second-order valence-electron chi connectivity index (χ2n) is 5.96. The minimum atomic E-state index is -0.752. The summed E-state index contributed by atoms with van der Waals surface area (Å²) in [5.41, 5.74) is 0.749. The number of carbonyl (C=O) groups is 3. The summed E-state index contributed by atoms with van der Waals surface area (Å²) in [5, 5.41) is 2.53. The highest BCUT2D eigenvalue weighted by atomic mass is 16.5. The molecule has 0 heterocycles. The molecule has 0 unspecified atom stereocenters. The van der Waals surface area contributed by atoms with Crippen LogP contribution in [-0.2, 0) is 30.3 Å². The van der Waals surface area contributed by atoms with Gasteiger partial charge in [-0.05, 0) is 30.0 Å². The molecule has 7 nitrogen and oxygen atoms in total. The maximum atomic E-state index is 11.9. The summed E-state index contributed by atoms with van der Waals surface area (Å²) < 4.78 is 14.7. The van der Waals surface area contributed by atoms with E-state index in [-0.39, 0.29) is 12.3 Å². The lowest BCUT2D eigenvalue weighted by Gasteiger charge is -2.18. The van der Waals surface area contributed by atoms with Gasteiger partial charge in [-0.2, -0.15) is 0 Å². The molecule has 0 spiro atoms. The summed E-state index contributed by atoms with van der Waals surface area (Å²) in [7, 11) is 2.82. The van der Waals surface area contributed by atoms with Crippen molar-refractivity contribution in [3.63, 3.8) is 0 Å². The van der Waals surface area contributed by atoms with Crippen LogP contribution in [-0.4, -0.2) is 44.7 Å². The monoisotopic (exact) mass is 351 g/mol. The molecule has 1 amide bonds. The first-order chi connectivity index (χ1) is 11.8. The van der Waals surface area contributed by atoms with Crippen LogP contribution < -0.4 is 10.1 Å². The number of nitrogens with one attached hydrogen (secondary N) is 1. The lowest BCUT2D eigenvalue weighted by Crippen LogP contribution is -2.44. The van der Waals surface area contributed by atoms with Gasteiger partial charge in [0.25, 0.3) is 5.91 Å². The standard InChI is InChI=1S/C18H25NO6/c1-12(2)9-15(18(22)24-4)19-16(20)11-25-17(21)10-13-5-7-14(23-3)8-6-13/h5-8,12,15H,9-11H2,1-4H3,(H,19,20)/t15-/m0/s1. The summed E-state index contributed by atoms with van der Waals surface area (Å²) in [4.78, 5) is 35.3. The zero-order valence-electron chi connectivity index (χ0n) is 15.0. The minimum absolute atomic E-state index is 0.0453. The molecule has 25 heavy (non-hydrogen) atoms. The summed E-state index contributed by atoms with van der Waals surface area (Å²) in [6, 6.07) is 6.22. The molecule has 138 valence electrons. The molecular formula is C18H25NO6. The van der Waals surface area contributed by atoms with Crippen molar-refractivity contribution in [3.8, 4) is 5.75 Å². The molecule has 7 heteroatoms. The third kappa shape index (κ3) is 7.69. The molecule has 0 radical (unpaired) electrons. The third-order valence-electron chi connectivity index (χ3n) is 3.40. The van der Waals surface area contributed by atoms with E-state index in [1.807, 2.05) is 13.8 Å². The van der Waals surface area contributed by atoms with Crippen molar-refractivity contribution in [1.29, 1.82) is 0 Å². The van der Waals surface area contributed by atoms with Gasteiger partial charge in [0.05, 0.1) is 20.6 Å². The predicted molar refractivity (Wildman–Crippen MR) is 91.1 cm³/mol. The molecule has 1 aromatic carbocycles. The molecule has 0 fully saturated rings. The van der Waals surface area contributed by atoms with Crippen molar-refractivity contribution in [2.45, 2.75) is 32.7 Å². The minimum Gasteiger partial charge on any atom is -0.497 e. The van der Waals surface area contributed by atoms with Crippen molar-refractivity contribution in [1.82, 2.24) is 5.32 Å². The van der Waals surface area contributed by atoms with E-state index in [1.165, 1.54) is 7.11 Å². The second kappa shape index (κ2) is 10.3. The average molecular weight is 351 g/mol. The van der Waals surface area contributed by atoms with E-state index >= 15 is 0 Å². The number of carbonyl (C=O) groups excluding carboxylic acids is 3. The Morgan fingerprint density at radius 1 is 1.08 bits per heavy atom. The van der Waals surface area contributed by atoms with Gasteiger partial charge in [-0.1, -0.05) is 26.0 Å². The number of methoxy groups -OCH3 is 2. The highest BCUT2D eigenvalue weighted by Crippen LogP contribution is 2.12. The fourth-order valence-corrected chi connectivity index (χ4v) is 2.17. The van der Waals surface area contributed by atoms with Gasteiger partial charge in [0.15, 0.2) is 6.61 Å². The Labute approximate surface area is 147 Å². The van der Waals surface area contributed by atoms with E-state index < -0.39 is 30.5 Å². The zero-order valence-corrected chi connectivity index (χ0v) is 15.0. The number of ether oxygens (including phenoxy) is 3. The Kier molecular flexibility index (Phi) is 8.46. The predicted octanol–water partition coefficient (Wildman–Crippen LogP) is 1.48. The Morgan fingerprint density at radius 2 is 1.72 bits per heavy atom. The molecule has 0 aliphatic heterocycles. The van der Waals surface area contributed by atoms with Crippen LogP contribution in [0.15, 0.2) is 24.3 Å². The smallest absolute Gasteiger partial charge is 0.328 e. The fraction of sp³-hybridized carbons (Fsp3) is 0.500. The molecule has 0 bridgehead atoms. The highest BCUT2D eigenvalue weighted by molar-refractivity contribution is 5.86. The second-order valence-corrected chi connectivity index (χ2v) is 5.96. The van der Waals surface area contributed by atoms with E-state index in [0.29, 0.717) is 12.2 Å². The molecule has 1 rings (SSSR count).